The first kappa shape index (κ1) is 11.3. The molecule has 2 nitrogen and oxygen atoms in total. The fourth-order valence-corrected chi connectivity index (χ4v) is 1.41. The quantitative estimate of drug-likeness (QED) is 0.739. The van der Waals surface area contributed by atoms with Gasteiger partial charge in [-0.25, -0.2) is 0 Å². The molecule has 0 heterocycles. The molecule has 86 valence electrons. The number of benzene rings is 2. The van der Waals surface area contributed by atoms with Crippen molar-refractivity contribution in [2.24, 2.45) is 0 Å². The fourth-order valence-electron chi connectivity index (χ4n) is 1.41. The van der Waals surface area contributed by atoms with Crippen LogP contribution in [-0.4, -0.2) is 7.11 Å². The van der Waals surface area contributed by atoms with Gasteiger partial charge in [0.1, 0.15) is 11.5 Å². The Morgan fingerprint density at radius 3 is 2.12 bits per heavy atom. The van der Waals surface area contributed by atoms with E-state index in [0.29, 0.717) is 0 Å². The predicted octanol–water partition coefficient (Wildman–Crippen LogP) is 3.74. The molecule has 0 amide bonds. The minimum Gasteiger partial charge on any atom is -0.497 e. The molecule has 0 fully saturated rings. The van der Waals surface area contributed by atoms with Crippen LogP contribution in [0.5, 0.6) is 11.5 Å². The van der Waals surface area contributed by atoms with E-state index in [0.717, 1.165) is 17.1 Å². The van der Waals surface area contributed by atoms with Crippen LogP contribution in [0.25, 0.3) is 6.08 Å². The van der Waals surface area contributed by atoms with Crippen LogP contribution in [0.1, 0.15) is 5.56 Å². The maximum atomic E-state index is 5.47. The Balaban J connectivity index is 1.95. The Hall–Kier alpha value is -2.22. The topological polar surface area (TPSA) is 18.5 Å². The molecule has 0 aliphatic heterocycles. The number of rotatable bonds is 4. The number of hydrogen-bond acceptors (Lipinski definition) is 2. The van der Waals surface area contributed by atoms with E-state index in [9.17, 15) is 0 Å². The van der Waals surface area contributed by atoms with Crippen molar-refractivity contribution in [3.05, 3.63) is 66.4 Å². The molecule has 17 heavy (non-hydrogen) atoms. The van der Waals surface area contributed by atoms with Gasteiger partial charge in [-0.1, -0.05) is 30.3 Å². The summed E-state index contributed by atoms with van der Waals surface area (Å²) in [6, 6.07) is 17.5. The van der Waals surface area contributed by atoms with Crippen molar-refractivity contribution in [3.63, 3.8) is 0 Å². The van der Waals surface area contributed by atoms with Crippen LogP contribution in [0.3, 0.4) is 0 Å². The van der Waals surface area contributed by atoms with E-state index in [-0.39, 0.29) is 0 Å². The van der Waals surface area contributed by atoms with E-state index >= 15 is 0 Å². The van der Waals surface area contributed by atoms with E-state index in [1.54, 1.807) is 13.4 Å². The van der Waals surface area contributed by atoms with E-state index in [1.807, 2.05) is 60.7 Å². The second-order valence-electron chi connectivity index (χ2n) is 3.51. The summed E-state index contributed by atoms with van der Waals surface area (Å²) in [6.07, 6.45) is 3.60. The molecule has 2 rings (SSSR count). The first-order valence-electron chi connectivity index (χ1n) is 5.41. The molecule has 0 bridgehead atoms. The van der Waals surface area contributed by atoms with Gasteiger partial charge >= 0.3 is 0 Å². The van der Waals surface area contributed by atoms with E-state index in [2.05, 4.69) is 0 Å². The first-order chi connectivity index (χ1) is 8.38. The zero-order valence-corrected chi connectivity index (χ0v) is 9.67. The molecule has 0 saturated heterocycles. The van der Waals surface area contributed by atoms with Crippen molar-refractivity contribution in [1.29, 1.82) is 0 Å². The molecule has 0 spiro atoms. The average Bonchev–Trinajstić information content (AvgIpc) is 2.41. The van der Waals surface area contributed by atoms with Gasteiger partial charge in [0.15, 0.2) is 0 Å². The van der Waals surface area contributed by atoms with Gasteiger partial charge in [0.2, 0.25) is 0 Å². The van der Waals surface area contributed by atoms with Crippen LogP contribution in [0, 0.1) is 0 Å². The molecule has 2 aromatic carbocycles. The Labute approximate surface area is 101 Å². The smallest absolute Gasteiger partial charge is 0.126 e. The lowest BCUT2D eigenvalue weighted by Crippen LogP contribution is -1.84. The van der Waals surface area contributed by atoms with Gasteiger partial charge in [0.05, 0.1) is 13.4 Å². The predicted molar refractivity (Wildman–Crippen MR) is 69.1 cm³/mol. The van der Waals surface area contributed by atoms with Crippen molar-refractivity contribution >= 4 is 6.08 Å². The maximum Gasteiger partial charge on any atom is 0.126 e. The van der Waals surface area contributed by atoms with Gasteiger partial charge < -0.3 is 9.47 Å². The highest BCUT2D eigenvalue weighted by Gasteiger charge is 1.92. The molecule has 0 radical (unpaired) electrons. The molecule has 0 atom stereocenters. The lowest BCUT2D eigenvalue weighted by atomic mass is 10.2. The average molecular weight is 226 g/mol. The minimum atomic E-state index is 0.790. The van der Waals surface area contributed by atoms with Crippen molar-refractivity contribution < 1.29 is 9.47 Å². The molecule has 0 saturated carbocycles. The van der Waals surface area contributed by atoms with Crippen molar-refractivity contribution in [3.8, 4) is 11.5 Å². The highest BCUT2D eigenvalue weighted by Crippen LogP contribution is 2.17. The number of hydrogen-bond donors (Lipinski definition) is 0. The van der Waals surface area contributed by atoms with Gasteiger partial charge in [-0.15, -0.1) is 0 Å². The van der Waals surface area contributed by atoms with Crippen LogP contribution in [-0.2, 0) is 0 Å². The van der Waals surface area contributed by atoms with Crippen LogP contribution in [0.4, 0.5) is 0 Å². The Kier molecular flexibility index (Phi) is 3.81. The van der Waals surface area contributed by atoms with E-state index in [1.165, 1.54) is 0 Å². The third kappa shape index (κ3) is 3.38. The molecule has 0 N–H and O–H groups in total. The summed E-state index contributed by atoms with van der Waals surface area (Å²) in [5.41, 5.74) is 1.11. The summed E-state index contributed by atoms with van der Waals surface area (Å²) >= 11 is 0. The number of ether oxygens (including phenoxy) is 2. The third-order valence-electron chi connectivity index (χ3n) is 2.32. The lowest BCUT2D eigenvalue weighted by Gasteiger charge is -2.02. The maximum absolute atomic E-state index is 5.47. The first-order valence-corrected chi connectivity index (χ1v) is 5.41. The summed E-state index contributed by atoms with van der Waals surface area (Å²) in [7, 11) is 1.64. The van der Waals surface area contributed by atoms with Gasteiger partial charge in [0.25, 0.3) is 0 Å². The molecule has 0 aliphatic carbocycles. The van der Waals surface area contributed by atoms with E-state index < -0.39 is 0 Å². The van der Waals surface area contributed by atoms with Gasteiger partial charge in [-0.2, -0.15) is 0 Å². The highest BCUT2D eigenvalue weighted by molar-refractivity contribution is 5.48. The molecule has 2 aromatic rings. The zero-order valence-electron chi connectivity index (χ0n) is 9.67. The highest BCUT2D eigenvalue weighted by atomic mass is 16.5. The third-order valence-corrected chi connectivity index (χ3v) is 2.32. The summed E-state index contributed by atoms with van der Waals surface area (Å²) in [5.74, 6) is 1.61. The SMILES string of the molecule is COc1ccc(O/C=C/c2ccccc2)cc1. The minimum absolute atomic E-state index is 0.790. The monoisotopic (exact) mass is 226 g/mol. The Morgan fingerprint density at radius 1 is 0.824 bits per heavy atom. The lowest BCUT2D eigenvalue weighted by molar-refractivity contribution is 0.413. The molecule has 0 unspecified atom stereocenters. The van der Waals surface area contributed by atoms with Crippen molar-refractivity contribution in [1.82, 2.24) is 0 Å². The zero-order chi connectivity index (χ0) is 11.9. The molecule has 2 heteroatoms. The Bertz CT molecular complexity index is 472. The van der Waals surface area contributed by atoms with Gasteiger partial charge in [-0.3, -0.25) is 0 Å². The standard InChI is InChI=1S/C15H14O2/c1-16-14-7-9-15(10-8-14)17-12-11-13-5-3-2-4-6-13/h2-12H,1H3/b12-11+. The normalized spacial score (nSPS) is 10.4. The summed E-state index contributed by atoms with van der Waals surface area (Å²) in [5, 5.41) is 0. The second kappa shape index (κ2) is 5.75. The summed E-state index contributed by atoms with van der Waals surface area (Å²) in [6.45, 7) is 0. The molecular formula is C15H14O2. The van der Waals surface area contributed by atoms with Crippen molar-refractivity contribution in [2.45, 2.75) is 0 Å². The van der Waals surface area contributed by atoms with Gasteiger partial charge in [-0.05, 0) is 35.9 Å². The largest absolute Gasteiger partial charge is 0.497 e. The molecule has 0 aromatic heterocycles. The number of methoxy groups -OCH3 is 1. The van der Waals surface area contributed by atoms with Crippen LogP contribution in [0.15, 0.2) is 60.9 Å². The fraction of sp³-hybridized carbons (Fsp3) is 0.0667. The Morgan fingerprint density at radius 2 is 1.47 bits per heavy atom. The van der Waals surface area contributed by atoms with E-state index in [4.69, 9.17) is 9.47 Å². The summed E-state index contributed by atoms with van der Waals surface area (Å²) < 4.78 is 10.5. The van der Waals surface area contributed by atoms with Crippen LogP contribution >= 0.6 is 0 Å². The second-order valence-corrected chi connectivity index (χ2v) is 3.51. The van der Waals surface area contributed by atoms with Gasteiger partial charge in [0, 0.05) is 0 Å². The van der Waals surface area contributed by atoms with Crippen molar-refractivity contribution in [2.75, 3.05) is 7.11 Å². The molecule has 0 aliphatic rings. The summed E-state index contributed by atoms with van der Waals surface area (Å²) in [4.78, 5) is 0. The van der Waals surface area contributed by atoms with Crippen LogP contribution in [0.2, 0.25) is 0 Å². The van der Waals surface area contributed by atoms with Crippen LogP contribution < -0.4 is 9.47 Å². The molecular weight excluding hydrogens is 212 g/mol.